The number of rotatable bonds is 12. The quantitative estimate of drug-likeness (QED) is 0.129. The van der Waals surface area contributed by atoms with Crippen LogP contribution in [0.5, 0.6) is 0 Å². The molecule has 2 atom stereocenters. The number of aliphatic imine (C=N–C) groups is 1. The lowest BCUT2D eigenvalue weighted by Crippen LogP contribution is -2.47. The fourth-order valence-electron chi connectivity index (χ4n) is 6.69. The zero-order valence-corrected chi connectivity index (χ0v) is 33.8. The number of carbonyl (C=O) groups is 2. The highest BCUT2D eigenvalue weighted by molar-refractivity contribution is 7.88. The molecule has 3 heterocycles. The predicted molar refractivity (Wildman–Crippen MR) is 209 cm³/mol. The van der Waals surface area contributed by atoms with Crippen LogP contribution in [-0.2, 0) is 29.0 Å². The second-order valence-corrected chi connectivity index (χ2v) is 16.7. The van der Waals surface area contributed by atoms with Crippen molar-refractivity contribution in [3.8, 4) is 0 Å². The molecule has 2 aromatic carbocycles. The third-order valence-electron chi connectivity index (χ3n) is 9.63. The summed E-state index contributed by atoms with van der Waals surface area (Å²) in [5, 5.41) is 4.10. The van der Waals surface area contributed by atoms with E-state index in [-0.39, 0.29) is 24.9 Å². The summed E-state index contributed by atoms with van der Waals surface area (Å²) < 4.78 is 46.7. The van der Waals surface area contributed by atoms with Crippen LogP contribution in [0, 0.1) is 24.7 Å². The Morgan fingerprint density at radius 2 is 1.77 bits per heavy atom. The highest BCUT2D eigenvalue weighted by atomic mass is 35.5. The number of halogens is 2. The maximum absolute atomic E-state index is 12.2. The number of para-hydroxylation sites is 1. The van der Waals surface area contributed by atoms with Crippen LogP contribution in [0.15, 0.2) is 41.4 Å². The molecule has 0 spiro atoms. The van der Waals surface area contributed by atoms with Gasteiger partial charge in [-0.3, -0.25) is 4.99 Å². The summed E-state index contributed by atoms with van der Waals surface area (Å²) in [7, 11) is -3.12. The van der Waals surface area contributed by atoms with Gasteiger partial charge in [-0.1, -0.05) is 41.4 Å². The smallest absolute Gasteiger partial charge is 0.410 e. The molecule has 2 unspecified atom stereocenters. The minimum Gasteiger partial charge on any atom is -0.481 e. The van der Waals surface area contributed by atoms with Gasteiger partial charge in [-0.2, -0.15) is 0 Å². The van der Waals surface area contributed by atoms with Crippen LogP contribution in [0.4, 0.5) is 16.2 Å². The van der Waals surface area contributed by atoms with Gasteiger partial charge in [-0.15, -0.1) is 0 Å². The fourth-order valence-corrected chi connectivity index (χ4v) is 8.05. The van der Waals surface area contributed by atoms with Crippen molar-refractivity contribution >= 4 is 62.6 Å². The van der Waals surface area contributed by atoms with E-state index in [0.717, 1.165) is 69.6 Å². The van der Waals surface area contributed by atoms with E-state index in [1.54, 1.807) is 34.6 Å². The number of hydrogen-bond donors (Lipinski definition) is 1. The molecule has 53 heavy (non-hydrogen) atoms. The number of aryl methyl sites for hydroxylation is 1. The molecule has 0 aromatic heterocycles. The van der Waals surface area contributed by atoms with Gasteiger partial charge in [0, 0.05) is 45.2 Å². The molecule has 2 aromatic rings. The maximum Gasteiger partial charge on any atom is 0.410 e. The number of likely N-dealkylation sites (tertiary alicyclic amines) is 1. The number of nitrogens with zero attached hydrogens (tertiary/aromatic N) is 3. The molecule has 15 heteroatoms. The van der Waals surface area contributed by atoms with Crippen molar-refractivity contribution in [1.82, 2.24) is 9.21 Å². The van der Waals surface area contributed by atoms with Gasteiger partial charge in [-0.25, -0.2) is 22.3 Å². The SMILES string of the molecule is CC(C)OC(=O)N1CCC(CCCOC2=NCCC3CN(S(C)(=O)=O)CCC23)CC1.CCOCOC(=O)c1ccccc1Nc1c(Cl)ccc(C)c1Cl. The van der Waals surface area contributed by atoms with Gasteiger partial charge >= 0.3 is 12.1 Å². The van der Waals surface area contributed by atoms with E-state index >= 15 is 0 Å². The maximum atomic E-state index is 12.2. The van der Waals surface area contributed by atoms with E-state index in [2.05, 4.69) is 10.3 Å². The molecule has 5 rings (SSSR count). The molecule has 0 saturated carbocycles. The lowest BCUT2D eigenvalue weighted by Gasteiger charge is -2.39. The number of anilines is 2. The molecule has 3 aliphatic rings. The molecular weight excluding hydrogens is 743 g/mol. The van der Waals surface area contributed by atoms with E-state index < -0.39 is 16.0 Å². The zero-order valence-electron chi connectivity index (χ0n) is 31.4. The van der Waals surface area contributed by atoms with Gasteiger partial charge in [0.15, 0.2) is 12.7 Å². The van der Waals surface area contributed by atoms with Gasteiger partial charge in [-0.05, 0) is 102 Å². The van der Waals surface area contributed by atoms with E-state index in [1.807, 2.05) is 38.7 Å². The zero-order chi connectivity index (χ0) is 38.5. The number of fused-ring (bicyclic) bond motifs is 1. The molecule has 12 nitrogen and oxygen atoms in total. The van der Waals surface area contributed by atoms with Crippen LogP contribution in [0.2, 0.25) is 10.0 Å². The van der Waals surface area contributed by atoms with E-state index in [1.165, 1.54) is 6.26 Å². The monoisotopic (exact) mass is 796 g/mol. The van der Waals surface area contributed by atoms with Crippen LogP contribution in [0.1, 0.15) is 75.2 Å². The van der Waals surface area contributed by atoms with Crippen LogP contribution in [0.3, 0.4) is 0 Å². The Morgan fingerprint density at radius 1 is 1.04 bits per heavy atom. The van der Waals surface area contributed by atoms with E-state index in [4.69, 9.17) is 42.1 Å². The van der Waals surface area contributed by atoms with Gasteiger partial charge in [0.2, 0.25) is 10.0 Å². The molecule has 0 bridgehead atoms. The van der Waals surface area contributed by atoms with Crippen molar-refractivity contribution in [1.29, 1.82) is 0 Å². The Bertz CT molecular complexity index is 1670. The van der Waals surface area contributed by atoms with Crippen LogP contribution < -0.4 is 5.32 Å². The molecule has 3 aliphatic heterocycles. The first-order chi connectivity index (χ1) is 25.3. The Kier molecular flexibility index (Phi) is 16.5. The second kappa shape index (κ2) is 20.5. The Morgan fingerprint density at radius 3 is 2.47 bits per heavy atom. The number of amides is 1. The standard InChI is InChI=1S/C21H37N3O5S.C17H17Cl2NO3/c1-16(2)29-21(25)23-11-7-17(8-12-23)5-4-14-28-20-19-9-13-24(30(3,26)27)15-18(19)6-10-22-20;1-3-22-10-23-17(21)12-6-4-5-7-14(12)20-16-13(18)9-8-11(2)15(16)19/h16-19H,4-15H2,1-3H3;4-9,20H,3,10H2,1-2H3. The number of nitrogens with one attached hydrogen (secondary N) is 1. The van der Waals surface area contributed by atoms with E-state index in [0.29, 0.717) is 65.1 Å². The second-order valence-electron chi connectivity index (χ2n) is 13.9. The van der Waals surface area contributed by atoms with Crippen molar-refractivity contribution in [2.75, 3.05) is 64.3 Å². The number of esters is 1. The Balaban J connectivity index is 0.000000245. The third-order valence-corrected chi connectivity index (χ3v) is 11.7. The lowest BCUT2D eigenvalue weighted by atomic mass is 9.82. The number of piperidine rings is 2. The summed E-state index contributed by atoms with van der Waals surface area (Å²) in [5.41, 5.74) is 2.37. The minimum atomic E-state index is -3.12. The Labute approximate surface area is 324 Å². The molecule has 1 amide bonds. The number of benzene rings is 2. The predicted octanol–water partition coefficient (Wildman–Crippen LogP) is 7.94. The van der Waals surface area contributed by atoms with Crippen LogP contribution in [0.25, 0.3) is 0 Å². The summed E-state index contributed by atoms with van der Waals surface area (Å²) in [6.45, 7) is 11.9. The first-order valence-electron chi connectivity index (χ1n) is 18.4. The van der Waals surface area contributed by atoms with Crippen molar-refractivity contribution in [3.05, 3.63) is 57.6 Å². The molecule has 0 aliphatic carbocycles. The lowest BCUT2D eigenvalue weighted by molar-refractivity contribution is -0.0273. The average Bonchev–Trinajstić information content (AvgIpc) is 3.13. The molecule has 0 radical (unpaired) electrons. The molecule has 294 valence electrons. The third kappa shape index (κ3) is 12.7. The highest BCUT2D eigenvalue weighted by Crippen LogP contribution is 2.36. The number of carbonyl (C=O) groups excluding carboxylic acids is 2. The molecule has 1 N–H and O–H groups in total. The van der Waals surface area contributed by atoms with Crippen LogP contribution >= 0.6 is 23.2 Å². The van der Waals surface area contributed by atoms with E-state index in [9.17, 15) is 18.0 Å². The fraction of sp³-hybridized carbons (Fsp3) is 0.605. The number of ether oxygens (including phenoxy) is 4. The first-order valence-corrected chi connectivity index (χ1v) is 21.0. The number of sulfonamides is 1. The summed E-state index contributed by atoms with van der Waals surface area (Å²) in [6, 6.07) is 10.6. The van der Waals surface area contributed by atoms with Gasteiger partial charge < -0.3 is 29.2 Å². The minimum absolute atomic E-state index is 0.0757. The van der Waals surface area contributed by atoms with Gasteiger partial charge in [0.1, 0.15) is 0 Å². The van der Waals surface area contributed by atoms with Crippen LogP contribution in [-0.4, -0.2) is 101 Å². The van der Waals surface area contributed by atoms with Gasteiger partial charge in [0.25, 0.3) is 0 Å². The average molecular weight is 798 g/mol. The van der Waals surface area contributed by atoms with Gasteiger partial charge in [0.05, 0.1) is 46.0 Å². The van der Waals surface area contributed by atoms with Crippen molar-refractivity contribution in [2.24, 2.45) is 22.7 Å². The summed E-state index contributed by atoms with van der Waals surface area (Å²) in [5.74, 6) is 1.55. The molecule has 2 saturated heterocycles. The van der Waals surface area contributed by atoms with Crippen molar-refractivity contribution < 1.29 is 37.0 Å². The molecular formula is C38H54Cl2N4O8S. The summed E-state index contributed by atoms with van der Waals surface area (Å²) in [4.78, 5) is 30.6. The normalized spacial score (nSPS) is 19.4. The van der Waals surface area contributed by atoms with Crippen molar-refractivity contribution in [3.63, 3.8) is 0 Å². The first kappa shape index (κ1) is 42.6. The Hall–Kier alpha value is -3.10. The highest BCUT2D eigenvalue weighted by Gasteiger charge is 2.38. The molecule has 2 fully saturated rings. The summed E-state index contributed by atoms with van der Waals surface area (Å²) in [6.07, 6.45) is 6.85. The topological polar surface area (TPSA) is 136 Å². The number of hydrogen-bond acceptors (Lipinski definition) is 10. The largest absolute Gasteiger partial charge is 0.481 e. The summed E-state index contributed by atoms with van der Waals surface area (Å²) >= 11 is 12.5. The van der Waals surface area contributed by atoms with Crippen molar-refractivity contribution in [2.45, 2.75) is 72.3 Å².